The standard InChI is InChI=1S/C22H29N3O4S/c1-2-15-30(28,29)24-19-10-6-9-18(16-19)23-22(27)21(17-7-4-3-5-8-17)25-13-11-20(26)12-14-25/h3-10,16,20-21,24,26H,2,11-15H2,1H3,(H,23,27). The van der Waals surface area contributed by atoms with Crippen LogP contribution in [0.3, 0.4) is 0 Å². The van der Waals surface area contributed by atoms with Crippen molar-refractivity contribution < 1.29 is 18.3 Å². The number of sulfonamides is 1. The third-order valence-corrected chi connectivity index (χ3v) is 6.60. The van der Waals surface area contributed by atoms with Crippen molar-refractivity contribution in [3.8, 4) is 0 Å². The van der Waals surface area contributed by atoms with E-state index in [1.54, 1.807) is 31.2 Å². The number of carbonyl (C=O) groups excluding carboxylic acids is 1. The molecule has 7 nitrogen and oxygen atoms in total. The molecule has 3 rings (SSSR count). The van der Waals surface area contributed by atoms with Gasteiger partial charge in [-0.25, -0.2) is 8.42 Å². The number of carbonyl (C=O) groups is 1. The number of hydrogen-bond acceptors (Lipinski definition) is 5. The predicted molar refractivity (Wildman–Crippen MR) is 119 cm³/mol. The summed E-state index contributed by atoms with van der Waals surface area (Å²) in [5.41, 5.74) is 1.82. The minimum absolute atomic E-state index is 0.0421. The third kappa shape index (κ3) is 6.04. The van der Waals surface area contributed by atoms with E-state index in [4.69, 9.17) is 0 Å². The molecule has 8 heteroatoms. The molecule has 0 radical (unpaired) electrons. The van der Waals surface area contributed by atoms with Crippen LogP contribution in [0.1, 0.15) is 37.8 Å². The molecule has 162 valence electrons. The second-order valence-corrected chi connectivity index (χ2v) is 9.41. The van der Waals surface area contributed by atoms with Crippen LogP contribution in [0.25, 0.3) is 0 Å². The lowest BCUT2D eigenvalue weighted by Gasteiger charge is -2.35. The van der Waals surface area contributed by atoms with Crippen molar-refractivity contribution in [1.29, 1.82) is 0 Å². The quantitative estimate of drug-likeness (QED) is 0.597. The van der Waals surface area contributed by atoms with Crippen molar-refractivity contribution in [2.45, 2.75) is 38.3 Å². The molecule has 30 heavy (non-hydrogen) atoms. The van der Waals surface area contributed by atoms with E-state index in [0.29, 0.717) is 43.7 Å². The summed E-state index contributed by atoms with van der Waals surface area (Å²) >= 11 is 0. The Labute approximate surface area is 178 Å². The number of likely N-dealkylation sites (tertiary alicyclic amines) is 1. The maximum absolute atomic E-state index is 13.2. The van der Waals surface area contributed by atoms with Gasteiger partial charge in [-0.05, 0) is 43.0 Å². The number of benzene rings is 2. The van der Waals surface area contributed by atoms with Crippen molar-refractivity contribution in [1.82, 2.24) is 4.90 Å². The molecule has 2 aromatic carbocycles. The Hall–Kier alpha value is -2.42. The van der Waals surface area contributed by atoms with Crippen LogP contribution in [0.15, 0.2) is 54.6 Å². The van der Waals surface area contributed by atoms with Crippen LogP contribution in [0, 0.1) is 0 Å². The highest BCUT2D eigenvalue weighted by atomic mass is 32.2. The van der Waals surface area contributed by atoms with Gasteiger partial charge in [0.15, 0.2) is 0 Å². The molecular formula is C22H29N3O4S. The first-order valence-electron chi connectivity index (χ1n) is 10.3. The van der Waals surface area contributed by atoms with Crippen molar-refractivity contribution in [2.75, 3.05) is 28.9 Å². The molecule has 1 unspecified atom stereocenters. The SMILES string of the molecule is CCCS(=O)(=O)Nc1cccc(NC(=O)C(c2ccccc2)N2CCC(O)CC2)c1. The van der Waals surface area contributed by atoms with Crippen LogP contribution >= 0.6 is 0 Å². The van der Waals surface area contributed by atoms with E-state index in [9.17, 15) is 18.3 Å². The number of hydrogen-bond donors (Lipinski definition) is 3. The lowest BCUT2D eigenvalue weighted by atomic mass is 9.99. The fourth-order valence-corrected chi connectivity index (χ4v) is 4.80. The van der Waals surface area contributed by atoms with Gasteiger partial charge in [0.05, 0.1) is 17.5 Å². The zero-order chi connectivity index (χ0) is 21.6. The van der Waals surface area contributed by atoms with Crippen LogP contribution in [-0.2, 0) is 14.8 Å². The van der Waals surface area contributed by atoms with Crippen LogP contribution in [0.4, 0.5) is 11.4 Å². The average molecular weight is 432 g/mol. The third-order valence-electron chi connectivity index (χ3n) is 5.10. The summed E-state index contributed by atoms with van der Waals surface area (Å²) in [6, 6.07) is 15.8. The summed E-state index contributed by atoms with van der Waals surface area (Å²) in [5.74, 6) is -0.147. The van der Waals surface area contributed by atoms with Gasteiger partial charge in [-0.15, -0.1) is 0 Å². The second kappa shape index (κ2) is 10.1. The van der Waals surface area contributed by atoms with Gasteiger partial charge in [0.2, 0.25) is 15.9 Å². The summed E-state index contributed by atoms with van der Waals surface area (Å²) in [4.78, 5) is 15.3. The monoisotopic (exact) mass is 431 g/mol. The lowest BCUT2D eigenvalue weighted by Crippen LogP contribution is -2.43. The molecule has 0 bridgehead atoms. The minimum Gasteiger partial charge on any atom is -0.393 e. The van der Waals surface area contributed by atoms with Gasteiger partial charge in [0, 0.05) is 18.8 Å². The van der Waals surface area contributed by atoms with E-state index in [-0.39, 0.29) is 17.8 Å². The van der Waals surface area contributed by atoms with Gasteiger partial charge < -0.3 is 10.4 Å². The van der Waals surface area contributed by atoms with Crippen molar-refractivity contribution >= 4 is 27.3 Å². The van der Waals surface area contributed by atoms with Crippen molar-refractivity contribution in [2.24, 2.45) is 0 Å². The molecule has 0 aromatic heterocycles. The molecule has 2 aromatic rings. The molecular weight excluding hydrogens is 402 g/mol. The van der Waals surface area contributed by atoms with Crippen LogP contribution < -0.4 is 10.0 Å². The Kier molecular flexibility index (Phi) is 7.47. The first-order valence-corrected chi connectivity index (χ1v) is 11.9. The molecule has 3 N–H and O–H groups in total. The maximum atomic E-state index is 13.2. The maximum Gasteiger partial charge on any atom is 0.246 e. The molecule has 1 saturated heterocycles. The molecule has 1 amide bonds. The molecule has 1 aliphatic rings. The first-order chi connectivity index (χ1) is 14.4. The highest BCUT2D eigenvalue weighted by molar-refractivity contribution is 7.92. The van der Waals surface area contributed by atoms with E-state index >= 15 is 0 Å². The van der Waals surface area contributed by atoms with Gasteiger partial charge in [-0.2, -0.15) is 0 Å². The van der Waals surface area contributed by atoms with Crippen LogP contribution in [-0.4, -0.2) is 49.3 Å². The Morgan fingerprint density at radius 1 is 1.10 bits per heavy atom. The largest absolute Gasteiger partial charge is 0.393 e. The van der Waals surface area contributed by atoms with E-state index in [0.717, 1.165) is 5.56 Å². The summed E-state index contributed by atoms with van der Waals surface area (Å²) in [6.07, 6.45) is 1.46. The van der Waals surface area contributed by atoms with Gasteiger partial charge in [0.1, 0.15) is 6.04 Å². The molecule has 0 spiro atoms. The Bertz CT molecular complexity index is 942. The van der Waals surface area contributed by atoms with Crippen LogP contribution in [0.5, 0.6) is 0 Å². The van der Waals surface area contributed by atoms with E-state index in [2.05, 4.69) is 14.9 Å². The predicted octanol–water partition coefficient (Wildman–Crippen LogP) is 2.97. The molecule has 0 aliphatic carbocycles. The fourth-order valence-electron chi connectivity index (χ4n) is 3.68. The van der Waals surface area contributed by atoms with Crippen molar-refractivity contribution in [3.05, 3.63) is 60.2 Å². The highest BCUT2D eigenvalue weighted by Gasteiger charge is 2.30. The lowest BCUT2D eigenvalue weighted by molar-refractivity contribution is -0.122. The Balaban J connectivity index is 1.78. The van der Waals surface area contributed by atoms with Gasteiger partial charge in [-0.3, -0.25) is 14.4 Å². The Morgan fingerprint density at radius 3 is 2.43 bits per heavy atom. The number of aliphatic hydroxyl groups excluding tert-OH is 1. The summed E-state index contributed by atoms with van der Waals surface area (Å²) in [7, 11) is -3.41. The van der Waals surface area contributed by atoms with Gasteiger partial charge in [-0.1, -0.05) is 43.3 Å². The Morgan fingerprint density at radius 2 is 1.77 bits per heavy atom. The molecule has 1 heterocycles. The van der Waals surface area contributed by atoms with Crippen molar-refractivity contribution in [3.63, 3.8) is 0 Å². The van der Waals surface area contributed by atoms with E-state index < -0.39 is 16.1 Å². The van der Waals surface area contributed by atoms with Crippen LogP contribution in [0.2, 0.25) is 0 Å². The number of rotatable bonds is 8. The average Bonchev–Trinajstić information content (AvgIpc) is 2.70. The fraction of sp³-hybridized carbons (Fsp3) is 0.409. The highest BCUT2D eigenvalue weighted by Crippen LogP contribution is 2.27. The number of nitrogens with one attached hydrogen (secondary N) is 2. The zero-order valence-corrected chi connectivity index (χ0v) is 17.9. The molecule has 0 saturated carbocycles. The summed E-state index contributed by atoms with van der Waals surface area (Å²) < 4.78 is 26.6. The molecule has 1 fully saturated rings. The minimum atomic E-state index is -3.41. The summed E-state index contributed by atoms with van der Waals surface area (Å²) in [5, 5.41) is 12.8. The number of nitrogens with zero attached hydrogens (tertiary/aromatic N) is 1. The smallest absolute Gasteiger partial charge is 0.246 e. The topological polar surface area (TPSA) is 98.7 Å². The number of piperidine rings is 1. The zero-order valence-electron chi connectivity index (χ0n) is 17.1. The second-order valence-electron chi connectivity index (χ2n) is 7.57. The van der Waals surface area contributed by atoms with E-state index in [1.807, 2.05) is 30.3 Å². The number of amides is 1. The van der Waals surface area contributed by atoms with E-state index in [1.165, 1.54) is 0 Å². The van der Waals surface area contributed by atoms with Gasteiger partial charge >= 0.3 is 0 Å². The molecule has 1 atom stereocenters. The first kappa shape index (κ1) is 22.3. The molecule has 1 aliphatic heterocycles. The number of anilines is 2. The van der Waals surface area contributed by atoms with Gasteiger partial charge in [0.25, 0.3) is 0 Å². The normalized spacial score (nSPS) is 16.7. The summed E-state index contributed by atoms with van der Waals surface area (Å²) in [6.45, 7) is 3.06. The number of aliphatic hydroxyl groups is 1.